The lowest BCUT2D eigenvalue weighted by atomic mass is 10.2. The highest BCUT2D eigenvalue weighted by Gasteiger charge is 2.34. The van der Waals surface area contributed by atoms with Gasteiger partial charge in [-0.15, -0.1) is 0 Å². The monoisotopic (exact) mass is 296 g/mol. The molecule has 20 heavy (non-hydrogen) atoms. The highest BCUT2D eigenvalue weighted by molar-refractivity contribution is 7.85. The van der Waals surface area contributed by atoms with Gasteiger partial charge in [-0.2, -0.15) is 13.7 Å². The number of benzene rings is 1. The van der Waals surface area contributed by atoms with Gasteiger partial charge in [0.15, 0.2) is 0 Å². The fourth-order valence-electron chi connectivity index (χ4n) is 1.81. The van der Waals surface area contributed by atoms with E-state index in [4.69, 9.17) is 10.00 Å². The molecule has 7 nitrogen and oxygen atoms in total. The van der Waals surface area contributed by atoms with Crippen molar-refractivity contribution in [2.75, 3.05) is 24.3 Å². The molecule has 8 heteroatoms. The molecular weight excluding hydrogens is 284 g/mol. The molecule has 0 bridgehead atoms. The number of hydrogen-bond acceptors (Lipinski definition) is 6. The minimum absolute atomic E-state index is 0.132. The molecule has 2 rings (SSSR count). The van der Waals surface area contributed by atoms with Gasteiger partial charge in [-0.1, -0.05) is 12.1 Å². The van der Waals surface area contributed by atoms with Gasteiger partial charge in [-0.3, -0.25) is 9.08 Å². The third-order valence-electron chi connectivity index (χ3n) is 2.66. The van der Waals surface area contributed by atoms with Crippen LogP contribution in [0.2, 0.25) is 0 Å². The molecule has 0 aliphatic carbocycles. The van der Waals surface area contributed by atoms with Crippen LogP contribution in [0.15, 0.2) is 24.3 Å². The minimum Gasteiger partial charge on any atom is -0.441 e. The summed E-state index contributed by atoms with van der Waals surface area (Å²) < 4.78 is 31.4. The molecule has 0 N–H and O–H groups in total. The molecule has 106 valence electrons. The number of carbonyl (C=O) groups is 1. The molecule has 1 saturated heterocycles. The van der Waals surface area contributed by atoms with Crippen molar-refractivity contribution in [1.29, 1.82) is 5.26 Å². The molecule has 0 spiro atoms. The van der Waals surface area contributed by atoms with Crippen molar-refractivity contribution in [3.63, 3.8) is 0 Å². The summed E-state index contributed by atoms with van der Waals surface area (Å²) in [6, 6.07) is 8.58. The highest BCUT2D eigenvalue weighted by Crippen LogP contribution is 2.25. The minimum atomic E-state index is -3.59. The van der Waals surface area contributed by atoms with Crippen molar-refractivity contribution in [2.45, 2.75) is 6.10 Å². The number of anilines is 1. The molecule has 0 aromatic heterocycles. The zero-order valence-electron chi connectivity index (χ0n) is 10.6. The van der Waals surface area contributed by atoms with Crippen molar-refractivity contribution in [2.24, 2.45) is 0 Å². The number of nitriles is 1. The predicted molar refractivity (Wildman–Crippen MR) is 69.6 cm³/mol. The Balaban J connectivity index is 2.12. The lowest BCUT2D eigenvalue weighted by Crippen LogP contribution is -2.27. The van der Waals surface area contributed by atoms with Crippen LogP contribution >= 0.6 is 0 Å². The van der Waals surface area contributed by atoms with Crippen LogP contribution < -0.4 is 4.90 Å². The topological polar surface area (TPSA) is 96.7 Å². The summed E-state index contributed by atoms with van der Waals surface area (Å²) in [6.45, 7) is -0.108. The van der Waals surface area contributed by atoms with Gasteiger partial charge in [0.2, 0.25) is 0 Å². The molecular formula is C12H12N2O5S. The Hall–Kier alpha value is -2.11. The lowest BCUT2D eigenvalue weighted by Gasteiger charge is -2.14. The molecule has 1 aliphatic heterocycles. The SMILES string of the molecule is CS(=O)(=O)OCC1CN(c2ccccc2C#N)C(=O)O1. The van der Waals surface area contributed by atoms with E-state index >= 15 is 0 Å². The van der Waals surface area contributed by atoms with Crippen molar-refractivity contribution >= 4 is 21.9 Å². The third-order valence-corrected chi connectivity index (χ3v) is 3.22. The van der Waals surface area contributed by atoms with Crippen molar-refractivity contribution in [3.05, 3.63) is 29.8 Å². The van der Waals surface area contributed by atoms with E-state index in [2.05, 4.69) is 4.18 Å². The third kappa shape index (κ3) is 3.26. The normalized spacial score (nSPS) is 18.7. The van der Waals surface area contributed by atoms with Crippen LogP contribution in [-0.2, 0) is 19.0 Å². The Morgan fingerprint density at radius 1 is 1.50 bits per heavy atom. The number of carbonyl (C=O) groups excluding carboxylic acids is 1. The van der Waals surface area contributed by atoms with E-state index in [1.54, 1.807) is 24.3 Å². The smallest absolute Gasteiger partial charge is 0.414 e. The van der Waals surface area contributed by atoms with E-state index in [0.717, 1.165) is 6.26 Å². The van der Waals surface area contributed by atoms with Crippen LogP contribution in [0.25, 0.3) is 0 Å². The van der Waals surface area contributed by atoms with Gasteiger partial charge in [0.05, 0.1) is 24.1 Å². The highest BCUT2D eigenvalue weighted by atomic mass is 32.2. The molecule has 0 saturated carbocycles. The standard InChI is InChI=1S/C12H12N2O5S/c1-20(16,17)18-8-10-7-14(12(15)19-10)11-5-3-2-4-9(11)6-13/h2-5,10H,7-8H2,1H3. The van der Waals surface area contributed by atoms with Crippen molar-refractivity contribution < 1.29 is 22.1 Å². The molecule has 1 atom stereocenters. The van der Waals surface area contributed by atoms with Crippen LogP contribution in [0.1, 0.15) is 5.56 Å². The van der Waals surface area contributed by atoms with Crippen LogP contribution in [0.4, 0.5) is 10.5 Å². The molecule has 1 amide bonds. The van der Waals surface area contributed by atoms with Crippen molar-refractivity contribution in [3.8, 4) is 6.07 Å². The van der Waals surface area contributed by atoms with Gasteiger partial charge in [0.1, 0.15) is 18.8 Å². The van der Waals surface area contributed by atoms with Gasteiger partial charge >= 0.3 is 6.09 Å². The van der Waals surface area contributed by atoms with Crippen molar-refractivity contribution in [1.82, 2.24) is 0 Å². The number of cyclic esters (lactones) is 1. The molecule has 1 aliphatic rings. The average Bonchev–Trinajstić information content (AvgIpc) is 2.77. The fourth-order valence-corrected chi connectivity index (χ4v) is 2.21. The first-order valence-corrected chi connectivity index (χ1v) is 7.54. The maximum Gasteiger partial charge on any atom is 0.414 e. The Kier molecular flexibility index (Phi) is 3.92. The molecule has 1 fully saturated rings. The molecule has 1 aromatic carbocycles. The van der Waals surface area contributed by atoms with Gasteiger partial charge in [0, 0.05) is 0 Å². The number of rotatable bonds is 4. The first kappa shape index (κ1) is 14.3. The average molecular weight is 296 g/mol. The summed E-state index contributed by atoms with van der Waals surface area (Å²) in [6.07, 6.45) is -0.397. The van der Waals surface area contributed by atoms with Gasteiger partial charge < -0.3 is 4.74 Å². The lowest BCUT2D eigenvalue weighted by molar-refractivity contribution is 0.107. The fraction of sp³-hybridized carbons (Fsp3) is 0.333. The maximum atomic E-state index is 11.8. The Morgan fingerprint density at radius 2 is 2.20 bits per heavy atom. The second-order valence-electron chi connectivity index (χ2n) is 4.23. The summed E-state index contributed by atoms with van der Waals surface area (Å²) in [5, 5.41) is 9.01. The first-order chi connectivity index (χ1) is 9.40. The van der Waals surface area contributed by atoms with Gasteiger partial charge in [-0.25, -0.2) is 4.79 Å². The van der Waals surface area contributed by atoms with E-state index in [9.17, 15) is 13.2 Å². The number of hydrogen-bond donors (Lipinski definition) is 0. The summed E-state index contributed by atoms with van der Waals surface area (Å²) in [5.74, 6) is 0. The van der Waals surface area contributed by atoms with Gasteiger partial charge in [0.25, 0.3) is 10.1 Å². The van der Waals surface area contributed by atoms with E-state index in [1.165, 1.54) is 4.90 Å². The van der Waals surface area contributed by atoms with E-state index in [1.807, 2.05) is 6.07 Å². The first-order valence-electron chi connectivity index (χ1n) is 5.72. The number of ether oxygens (including phenoxy) is 1. The zero-order chi connectivity index (χ0) is 14.8. The zero-order valence-corrected chi connectivity index (χ0v) is 11.5. The number of para-hydroxylation sites is 1. The van der Waals surface area contributed by atoms with E-state index in [-0.39, 0.29) is 13.2 Å². The molecule has 1 aromatic rings. The van der Waals surface area contributed by atoms with Crippen LogP contribution in [0.5, 0.6) is 0 Å². The largest absolute Gasteiger partial charge is 0.441 e. The Morgan fingerprint density at radius 3 is 2.85 bits per heavy atom. The molecule has 1 unspecified atom stereocenters. The number of amides is 1. The summed E-state index contributed by atoms with van der Waals surface area (Å²) in [7, 11) is -3.59. The van der Waals surface area contributed by atoms with E-state index < -0.39 is 22.3 Å². The number of nitrogens with zero attached hydrogens (tertiary/aromatic N) is 2. The van der Waals surface area contributed by atoms with E-state index in [0.29, 0.717) is 11.3 Å². The van der Waals surface area contributed by atoms with Crippen LogP contribution in [-0.4, -0.2) is 40.0 Å². The van der Waals surface area contributed by atoms with Crippen LogP contribution in [0.3, 0.4) is 0 Å². The second kappa shape index (κ2) is 5.48. The maximum absolute atomic E-state index is 11.8. The Bertz CT molecular complexity index is 665. The van der Waals surface area contributed by atoms with Gasteiger partial charge in [-0.05, 0) is 12.1 Å². The summed E-state index contributed by atoms with van der Waals surface area (Å²) in [5.41, 5.74) is 0.774. The second-order valence-corrected chi connectivity index (χ2v) is 5.88. The van der Waals surface area contributed by atoms with Crippen LogP contribution in [0, 0.1) is 11.3 Å². The quantitative estimate of drug-likeness (QED) is 0.764. The molecule has 1 heterocycles. The Labute approximate surface area is 116 Å². The summed E-state index contributed by atoms with van der Waals surface area (Å²) >= 11 is 0. The molecule has 0 radical (unpaired) electrons. The summed E-state index contributed by atoms with van der Waals surface area (Å²) in [4.78, 5) is 13.1. The predicted octanol–water partition coefficient (Wildman–Crippen LogP) is 0.860.